The van der Waals surface area contributed by atoms with E-state index in [4.69, 9.17) is 9.84 Å². The minimum atomic E-state index is -1.36. The van der Waals surface area contributed by atoms with E-state index in [1.54, 1.807) is 18.2 Å². The summed E-state index contributed by atoms with van der Waals surface area (Å²) in [6.45, 7) is 2.11. The Hall–Kier alpha value is -2.36. The third-order valence-corrected chi connectivity index (χ3v) is 3.22. The van der Waals surface area contributed by atoms with E-state index in [0.717, 1.165) is 30.4 Å². The van der Waals surface area contributed by atoms with E-state index in [-0.39, 0.29) is 11.6 Å². The van der Waals surface area contributed by atoms with Gasteiger partial charge in [0, 0.05) is 5.56 Å². The number of carbonyl (C=O) groups is 1. The van der Waals surface area contributed by atoms with E-state index in [1.165, 1.54) is 12.1 Å². The SMILES string of the molecule is CCCCc1ccc(OC(=O)O)c(-c2ccc(F)cc2)c1. The Balaban J connectivity index is 2.41. The van der Waals surface area contributed by atoms with Crippen LogP contribution in [0.4, 0.5) is 9.18 Å². The van der Waals surface area contributed by atoms with Crippen LogP contribution in [0.25, 0.3) is 11.1 Å². The Morgan fingerprint density at radius 3 is 2.52 bits per heavy atom. The number of benzene rings is 2. The van der Waals surface area contributed by atoms with E-state index < -0.39 is 6.16 Å². The summed E-state index contributed by atoms with van der Waals surface area (Å²) in [6, 6.07) is 11.3. The van der Waals surface area contributed by atoms with Gasteiger partial charge < -0.3 is 9.84 Å². The molecule has 0 saturated carbocycles. The van der Waals surface area contributed by atoms with Gasteiger partial charge in [-0.2, -0.15) is 0 Å². The summed E-state index contributed by atoms with van der Waals surface area (Å²) in [7, 11) is 0. The number of carboxylic acid groups (broad SMARTS) is 1. The van der Waals surface area contributed by atoms with E-state index in [2.05, 4.69) is 6.92 Å². The lowest BCUT2D eigenvalue weighted by Crippen LogP contribution is -2.04. The highest BCUT2D eigenvalue weighted by atomic mass is 19.1. The third kappa shape index (κ3) is 4.05. The van der Waals surface area contributed by atoms with Crippen LogP contribution in [-0.2, 0) is 6.42 Å². The summed E-state index contributed by atoms with van der Waals surface area (Å²) in [6.07, 6.45) is 1.69. The van der Waals surface area contributed by atoms with E-state index >= 15 is 0 Å². The van der Waals surface area contributed by atoms with Crippen LogP contribution in [0, 0.1) is 5.82 Å². The molecule has 0 amide bonds. The van der Waals surface area contributed by atoms with Gasteiger partial charge in [0.15, 0.2) is 0 Å². The van der Waals surface area contributed by atoms with Gasteiger partial charge in [0.1, 0.15) is 11.6 Å². The van der Waals surface area contributed by atoms with Crippen LogP contribution in [-0.4, -0.2) is 11.3 Å². The summed E-state index contributed by atoms with van der Waals surface area (Å²) in [4.78, 5) is 10.8. The zero-order chi connectivity index (χ0) is 15.2. The van der Waals surface area contributed by atoms with Crippen molar-refractivity contribution >= 4 is 6.16 Å². The van der Waals surface area contributed by atoms with Crippen LogP contribution < -0.4 is 4.74 Å². The van der Waals surface area contributed by atoms with Gasteiger partial charge in [-0.1, -0.05) is 31.5 Å². The van der Waals surface area contributed by atoms with Gasteiger partial charge in [-0.25, -0.2) is 9.18 Å². The Morgan fingerprint density at radius 2 is 1.90 bits per heavy atom. The van der Waals surface area contributed by atoms with Gasteiger partial charge >= 0.3 is 6.16 Å². The number of ether oxygens (including phenoxy) is 1. The van der Waals surface area contributed by atoms with Crippen LogP contribution in [0.3, 0.4) is 0 Å². The molecule has 0 bridgehead atoms. The second kappa shape index (κ2) is 6.88. The Labute approximate surface area is 123 Å². The smallest absolute Gasteiger partial charge is 0.449 e. The quantitative estimate of drug-likeness (QED) is 0.629. The molecule has 0 aliphatic rings. The number of aryl methyl sites for hydroxylation is 1. The van der Waals surface area contributed by atoms with Crippen molar-refractivity contribution in [2.24, 2.45) is 0 Å². The van der Waals surface area contributed by atoms with Crippen molar-refractivity contribution in [3.63, 3.8) is 0 Å². The molecule has 0 aromatic heterocycles. The number of hydrogen-bond donors (Lipinski definition) is 1. The van der Waals surface area contributed by atoms with Crippen molar-refractivity contribution in [1.82, 2.24) is 0 Å². The molecule has 0 aliphatic heterocycles. The maximum atomic E-state index is 13.0. The summed E-state index contributed by atoms with van der Waals surface area (Å²) in [5.74, 6) is -0.0732. The topological polar surface area (TPSA) is 46.5 Å². The average molecular weight is 288 g/mol. The average Bonchev–Trinajstić information content (AvgIpc) is 2.46. The molecule has 0 spiro atoms. The standard InChI is InChI=1S/C17H17FO3/c1-2-3-4-12-5-10-16(21-17(19)20)15(11-12)13-6-8-14(18)9-7-13/h5-11H,2-4H2,1H3,(H,19,20). The highest BCUT2D eigenvalue weighted by Crippen LogP contribution is 2.32. The summed E-state index contributed by atoms with van der Waals surface area (Å²) in [5.41, 5.74) is 2.49. The molecule has 110 valence electrons. The molecule has 0 unspecified atom stereocenters. The van der Waals surface area contributed by atoms with Crippen molar-refractivity contribution in [2.45, 2.75) is 26.2 Å². The normalized spacial score (nSPS) is 10.4. The van der Waals surface area contributed by atoms with Crippen molar-refractivity contribution in [1.29, 1.82) is 0 Å². The van der Waals surface area contributed by atoms with E-state index in [9.17, 15) is 9.18 Å². The Bertz CT molecular complexity index is 620. The van der Waals surface area contributed by atoms with Crippen LogP contribution in [0.15, 0.2) is 42.5 Å². The molecular weight excluding hydrogens is 271 g/mol. The molecular formula is C17H17FO3. The van der Waals surface area contributed by atoms with Gasteiger partial charge in [-0.3, -0.25) is 0 Å². The second-order valence-electron chi connectivity index (χ2n) is 4.81. The van der Waals surface area contributed by atoms with Gasteiger partial charge in [-0.15, -0.1) is 0 Å². The van der Waals surface area contributed by atoms with Crippen LogP contribution in [0.5, 0.6) is 5.75 Å². The fourth-order valence-electron chi connectivity index (χ4n) is 2.15. The fraction of sp³-hybridized carbons (Fsp3) is 0.235. The fourth-order valence-corrected chi connectivity index (χ4v) is 2.15. The lowest BCUT2D eigenvalue weighted by Gasteiger charge is -2.11. The van der Waals surface area contributed by atoms with Gasteiger partial charge in [0.2, 0.25) is 0 Å². The lowest BCUT2D eigenvalue weighted by atomic mass is 9.99. The minimum Gasteiger partial charge on any atom is -0.449 e. The lowest BCUT2D eigenvalue weighted by molar-refractivity contribution is 0.144. The monoisotopic (exact) mass is 288 g/mol. The van der Waals surface area contributed by atoms with Gasteiger partial charge in [0.05, 0.1) is 0 Å². The molecule has 0 fully saturated rings. The van der Waals surface area contributed by atoms with Gasteiger partial charge in [0.25, 0.3) is 0 Å². The van der Waals surface area contributed by atoms with Crippen molar-refractivity contribution in [2.75, 3.05) is 0 Å². The first-order chi connectivity index (χ1) is 10.1. The molecule has 0 radical (unpaired) electrons. The second-order valence-corrected chi connectivity index (χ2v) is 4.81. The largest absolute Gasteiger partial charge is 0.511 e. The number of halogens is 1. The highest BCUT2D eigenvalue weighted by Gasteiger charge is 2.11. The molecule has 1 N–H and O–H groups in total. The predicted octanol–water partition coefficient (Wildman–Crippen LogP) is 4.89. The van der Waals surface area contributed by atoms with Crippen molar-refractivity contribution in [3.05, 3.63) is 53.8 Å². The first kappa shape index (κ1) is 15.0. The zero-order valence-electron chi connectivity index (χ0n) is 11.8. The van der Waals surface area contributed by atoms with Crippen molar-refractivity contribution < 1.29 is 19.0 Å². The molecule has 3 nitrogen and oxygen atoms in total. The number of hydrogen-bond acceptors (Lipinski definition) is 2. The molecule has 0 heterocycles. The van der Waals surface area contributed by atoms with Crippen LogP contribution in [0.2, 0.25) is 0 Å². The van der Waals surface area contributed by atoms with Crippen LogP contribution in [0.1, 0.15) is 25.3 Å². The first-order valence-corrected chi connectivity index (χ1v) is 6.90. The zero-order valence-corrected chi connectivity index (χ0v) is 11.8. The van der Waals surface area contributed by atoms with E-state index in [0.29, 0.717) is 5.56 Å². The van der Waals surface area contributed by atoms with E-state index in [1.807, 2.05) is 12.1 Å². The number of unbranched alkanes of at least 4 members (excludes halogenated alkanes) is 1. The molecule has 0 aliphatic carbocycles. The molecule has 0 atom stereocenters. The molecule has 2 aromatic carbocycles. The molecule has 2 rings (SSSR count). The molecule has 0 saturated heterocycles. The number of rotatable bonds is 5. The Kier molecular flexibility index (Phi) is 4.93. The summed E-state index contributed by atoms with van der Waals surface area (Å²) < 4.78 is 17.8. The predicted molar refractivity (Wildman–Crippen MR) is 79.1 cm³/mol. The minimum absolute atomic E-state index is 0.259. The summed E-state index contributed by atoms with van der Waals surface area (Å²) in [5, 5.41) is 8.81. The third-order valence-electron chi connectivity index (χ3n) is 3.22. The van der Waals surface area contributed by atoms with Crippen LogP contribution >= 0.6 is 0 Å². The van der Waals surface area contributed by atoms with Crippen molar-refractivity contribution in [3.8, 4) is 16.9 Å². The highest BCUT2D eigenvalue weighted by molar-refractivity contribution is 5.74. The summed E-state index contributed by atoms with van der Waals surface area (Å²) >= 11 is 0. The first-order valence-electron chi connectivity index (χ1n) is 6.90. The maximum absolute atomic E-state index is 13.0. The Morgan fingerprint density at radius 1 is 1.19 bits per heavy atom. The molecule has 2 aromatic rings. The maximum Gasteiger partial charge on any atom is 0.511 e. The molecule has 4 heteroatoms. The molecule has 21 heavy (non-hydrogen) atoms. The van der Waals surface area contributed by atoms with Gasteiger partial charge in [-0.05, 0) is 48.2 Å².